The minimum atomic E-state index is -1.70. The lowest BCUT2D eigenvalue weighted by atomic mass is 10.2. The number of amides is 1. The molecule has 0 bridgehead atoms. The van der Waals surface area contributed by atoms with Crippen LogP contribution in [0.1, 0.15) is 16.2 Å². The van der Waals surface area contributed by atoms with E-state index in [-0.39, 0.29) is 18.5 Å². The highest BCUT2D eigenvalue weighted by molar-refractivity contribution is 5.94. The van der Waals surface area contributed by atoms with Gasteiger partial charge in [-0.05, 0) is 24.3 Å². The van der Waals surface area contributed by atoms with E-state index in [2.05, 4.69) is 15.3 Å². The predicted molar refractivity (Wildman–Crippen MR) is 84.7 cm³/mol. The Balaban J connectivity index is 1.70. The fraction of sp³-hybridized carbons (Fsp3) is 0.118. The monoisotopic (exact) mass is 347 g/mol. The van der Waals surface area contributed by atoms with E-state index in [1.54, 1.807) is 24.3 Å². The predicted octanol–water partition coefficient (Wildman–Crippen LogP) is 2.31. The standard InChI is InChI=1S/C17H12F3N3O2/c18-11-6-5-10(14(19)15(11)20)16(24)21-8-7-13-22-12-4-2-1-3-9(12)17(25)23-13/h1-6H,7-8H2,(H,21,24)(H,22,23,25). The summed E-state index contributed by atoms with van der Waals surface area (Å²) in [6.45, 7) is 0.0263. The van der Waals surface area contributed by atoms with Crippen molar-refractivity contribution >= 4 is 16.8 Å². The lowest BCUT2D eigenvalue weighted by Gasteiger charge is -2.07. The highest BCUT2D eigenvalue weighted by atomic mass is 19.2. The molecule has 5 nitrogen and oxygen atoms in total. The summed E-state index contributed by atoms with van der Waals surface area (Å²) in [5, 5.41) is 2.82. The first kappa shape index (κ1) is 16.7. The number of nitrogens with zero attached hydrogens (tertiary/aromatic N) is 1. The van der Waals surface area contributed by atoms with E-state index in [1.807, 2.05) is 0 Å². The zero-order valence-corrected chi connectivity index (χ0v) is 12.8. The number of halogens is 3. The van der Waals surface area contributed by atoms with Crippen LogP contribution in [0.25, 0.3) is 10.9 Å². The normalized spacial score (nSPS) is 10.8. The Hall–Kier alpha value is -3.16. The molecule has 3 rings (SSSR count). The zero-order chi connectivity index (χ0) is 18.0. The van der Waals surface area contributed by atoms with Gasteiger partial charge < -0.3 is 10.3 Å². The molecular formula is C17H12F3N3O2. The largest absolute Gasteiger partial charge is 0.351 e. The highest BCUT2D eigenvalue weighted by Gasteiger charge is 2.18. The third-order valence-electron chi connectivity index (χ3n) is 3.59. The Morgan fingerprint density at radius 1 is 1.08 bits per heavy atom. The molecule has 0 aliphatic rings. The molecule has 1 amide bonds. The van der Waals surface area contributed by atoms with Crippen molar-refractivity contribution in [2.75, 3.05) is 6.54 Å². The summed E-state index contributed by atoms with van der Waals surface area (Å²) >= 11 is 0. The van der Waals surface area contributed by atoms with Gasteiger partial charge >= 0.3 is 0 Å². The Morgan fingerprint density at radius 3 is 2.64 bits per heavy atom. The van der Waals surface area contributed by atoms with Crippen LogP contribution in [0, 0.1) is 17.5 Å². The van der Waals surface area contributed by atoms with Gasteiger partial charge in [0.05, 0.1) is 16.5 Å². The van der Waals surface area contributed by atoms with E-state index in [0.29, 0.717) is 22.8 Å². The number of carbonyl (C=O) groups is 1. The first-order valence-corrected chi connectivity index (χ1v) is 7.37. The van der Waals surface area contributed by atoms with Gasteiger partial charge in [-0.15, -0.1) is 0 Å². The molecule has 0 aliphatic heterocycles. The quantitative estimate of drug-likeness (QED) is 0.711. The maximum Gasteiger partial charge on any atom is 0.258 e. The Bertz CT molecular complexity index is 1020. The van der Waals surface area contributed by atoms with Crippen molar-refractivity contribution in [3.8, 4) is 0 Å². The molecule has 1 heterocycles. The van der Waals surface area contributed by atoms with Crippen LogP contribution >= 0.6 is 0 Å². The number of hydrogen-bond donors (Lipinski definition) is 2. The molecule has 0 spiro atoms. The number of aromatic nitrogens is 2. The van der Waals surface area contributed by atoms with Gasteiger partial charge in [-0.25, -0.2) is 18.2 Å². The van der Waals surface area contributed by atoms with Crippen LogP contribution in [-0.2, 0) is 6.42 Å². The minimum absolute atomic E-state index is 0.0263. The smallest absolute Gasteiger partial charge is 0.258 e. The average Bonchev–Trinajstić information content (AvgIpc) is 2.60. The van der Waals surface area contributed by atoms with Crippen molar-refractivity contribution in [3.05, 3.63) is 75.6 Å². The minimum Gasteiger partial charge on any atom is -0.351 e. The van der Waals surface area contributed by atoms with Crippen LogP contribution < -0.4 is 10.9 Å². The van der Waals surface area contributed by atoms with Crippen molar-refractivity contribution < 1.29 is 18.0 Å². The number of para-hydroxylation sites is 1. The molecule has 8 heteroatoms. The van der Waals surface area contributed by atoms with Crippen molar-refractivity contribution in [2.24, 2.45) is 0 Å². The number of hydrogen-bond acceptors (Lipinski definition) is 3. The molecular weight excluding hydrogens is 335 g/mol. The molecule has 3 aromatic rings. The molecule has 0 atom stereocenters. The van der Waals surface area contributed by atoms with E-state index in [9.17, 15) is 22.8 Å². The second-order valence-corrected chi connectivity index (χ2v) is 5.26. The fourth-order valence-electron chi connectivity index (χ4n) is 2.34. The Labute approximate surface area is 139 Å². The van der Waals surface area contributed by atoms with Gasteiger partial charge in [0.25, 0.3) is 11.5 Å². The SMILES string of the molecule is O=C(NCCc1nc2ccccc2c(=O)[nH]1)c1ccc(F)c(F)c1F. The Kier molecular flexibility index (Phi) is 4.51. The highest BCUT2D eigenvalue weighted by Crippen LogP contribution is 2.15. The van der Waals surface area contributed by atoms with Gasteiger partial charge in [0.15, 0.2) is 17.5 Å². The summed E-state index contributed by atoms with van der Waals surface area (Å²) in [7, 11) is 0. The van der Waals surface area contributed by atoms with Crippen LogP contribution in [0.15, 0.2) is 41.2 Å². The summed E-state index contributed by atoms with van der Waals surface area (Å²) in [5.41, 5.74) is -0.392. The average molecular weight is 347 g/mol. The molecule has 2 N–H and O–H groups in total. The number of H-pyrrole nitrogens is 1. The van der Waals surface area contributed by atoms with Gasteiger partial charge in [-0.3, -0.25) is 9.59 Å². The van der Waals surface area contributed by atoms with Crippen LogP contribution in [0.3, 0.4) is 0 Å². The summed E-state index contributed by atoms with van der Waals surface area (Å²) in [6, 6.07) is 8.32. The van der Waals surface area contributed by atoms with Gasteiger partial charge in [-0.1, -0.05) is 12.1 Å². The molecule has 0 saturated heterocycles. The summed E-state index contributed by atoms with van der Waals surface area (Å²) < 4.78 is 39.6. The summed E-state index contributed by atoms with van der Waals surface area (Å²) in [4.78, 5) is 30.6. The molecule has 0 saturated carbocycles. The first-order chi connectivity index (χ1) is 12.0. The van der Waals surface area contributed by atoms with Crippen LogP contribution in [0.2, 0.25) is 0 Å². The van der Waals surface area contributed by atoms with Crippen molar-refractivity contribution in [3.63, 3.8) is 0 Å². The molecule has 0 radical (unpaired) electrons. The number of nitrogens with one attached hydrogen (secondary N) is 2. The van der Waals surface area contributed by atoms with E-state index in [4.69, 9.17) is 0 Å². The number of rotatable bonds is 4. The molecule has 1 aromatic heterocycles. The summed E-state index contributed by atoms with van der Waals surface area (Å²) in [6.07, 6.45) is 0.178. The summed E-state index contributed by atoms with van der Waals surface area (Å²) in [5.74, 6) is -5.16. The van der Waals surface area contributed by atoms with Gasteiger partial charge in [0.1, 0.15) is 5.82 Å². The number of fused-ring (bicyclic) bond motifs is 1. The second kappa shape index (κ2) is 6.76. The third-order valence-corrected chi connectivity index (χ3v) is 3.59. The lowest BCUT2D eigenvalue weighted by Crippen LogP contribution is -2.28. The van der Waals surface area contributed by atoms with Crippen molar-refractivity contribution in [1.29, 1.82) is 0 Å². The maximum atomic E-state index is 13.6. The number of benzene rings is 2. The van der Waals surface area contributed by atoms with Gasteiger partial charge in [-0.2, -0.15) is 0 Å². The topological polar surface area (TPSA) is 74.8 Å². The Morgan fingerprint density at radius 2 is 1.84 bits per heavy atom. The van der Waals surface area contributed by atoms with E-state index in [0.717, 1.165) is 6.07 Å². The maximum absolute atomic E-state index is 13.6. The van der Waals surface area contributed by atoms with Crippen LogP contribution in [-0.4, -0.2) is 22.4 Å². The van der Waals surface area contributed by atoms with Crippen molar-refractivity contribution in [2.45, 2.75) is 6.42 Å². The molecule has 25 heavy (non-hydrogen) atoms. The van der Waals surface area contributed by atoms with E-state index < -0.39 is 28.9 Å². The fourth-order valence-corrected chi connectivity index (χ4v) is 2.34. The van der Waals surface area contributed by atoms with Gasteiger partial charge in [0.2, 0.25) is 0 Å². The zero-order valence-electron chi connectivity index (χ0n) is 12.8. The third kappa shape index (κ3) is 3.37. The van der Waals surface area contributed by atoms with Crippen LogP contribution in [0.4, 0.5) is 13.2 Å². The molecule has 0 fully saturated rings. The number of aromatic amines is 1. The molecule has 2 aromatic carbocycles. The van der Waals surface area contributed by atoms with E-state index >= 15 is 0 Å². The molecule has 128 valence electrons. The van der Waals surface area contributed by atoms with Crippen LogP contribution in [0.5, 0.6) is 0 Å². The van der Waals surface area contributed by atoms with E-state index in [1.165, 1.54) is 0 Å². The second-order valence-electron chi connectivity index (χ2n) is 5.26. The molecule has 0 unspecified atom stereocenters. The lowest BCUT2D eigenvalue weighted by molar-refractivity contribution is 0.0948. The number of carbonyl (C=O) groups excluding carboxylic acids is 1. The first-order valence-electron chi connectivity index (χ1n) is 7.37. The van der Waals surface area contributed by atoms with Gasteiger partial charge in [0, 0.05) is 13.0 Å². The molecule has 0 aliphatic carbocycles. The van der Waals surface area contributed by atoms with Crippen molar-refractivity contribution in [1.82, 2.24) is 15.3 Å².